The molecule has 1 heterocycles. The van der Waals surface area contributed by atoms with Crippen LogP contribution in [0.25, 0.3) is 6.08 Å². The van der Waals surface area contributed by atoms with Gasteiger partial charge in [-0.05, 0) is 23.8 Å². The monoisotopic (exact) mass is 347 g/mol. The van der Waals surface area contributed by atoms with E-state index in [2.05, 4.69) is 31.2 Å². The number of nitrogens with zero attached hydrogens (tertiary/aromatic N) is 2. The number of anilines is 1. The summed E-state index contributed by atoms with van der Waals surface area (Å²) < 4.78 is 0.940. The van der Waals surface area contributed by atoms with Crippen molar-refractivity contribution in [1.29, 1.82) is 0 Å². The molecule has 0 aliphatic heterocycles. The predicted molar refractivity (Wildman–Crippen MR) is 80.8 cm³/mol. The maximum atomic E-state index is 11.8. The van der Waals surface area contributed by atoms with Crippen LogP contribution in [-0.4, -0.2) is 27.0 Å². The van der Waals surface area contributed by atoms with Crippen molar-refractivity contribution in [3.8, 4) is 0 Å². The lowest BCUT2D eigenvalue weighted by atomic mass is 10.2. The third-order valence-electron chi connectivity index (χ3n) is 2.44. The Hall–Kier alpha value is -2.54. The van der Waals surface area contributed by atoms with Gasteiger partial charge in [0.15, 0.2) is 11.5 Å². The molecule has 0 bridgehead atoms. The molecule has 6 nitrogen and oxygen atoms in total. The lowest BCUT2D eigenvalue weighted by Gasteiger charge is -2.03. The first-order valence-corrected chi connectivity index (χ1v) is 6.64. The molecule has 0 saturated carbocycles. The SMILES string of the molecule is O=C(C=Cc1ccc(Br)cc1)Nc1nccnc1C(=O)O. The first-order chi connectivity index (χ1) is 10.1. The number of carbonyl (C=O) groups excluding carboxylic acids is 1. The van der Waals surface area contributed by atoms with E-state index in [1.54, 1.807) is 6.08 Å². The topological polar surface area (TPSA) is 92.2 Å². The van der Waals surface area contributed by atoms with E-state index in [1.807, 2.05) is 24.3 Å². The Morgan fingerprint density at radius 1 is 1.14 bits per heavy atom. The Kier molecular flexibility index (Phi) is 4.78. The number of benzene rings is 1. The molecular formula is C14H10BrN3O3. The number of aromatic nitrogens is 2. The van der Waals surface area contributed by atoms with Gasteiger partial charge in [-0.2, -0.15) is 0 Å². The van der Waals surface area contributed by atoms with Crippen LogP contribution in [0, 0.1) is 0 Å². The largest absolute Gasteiger partial charge is 0.476 e. The normalized spacial score (nSPS) is 10.5. The minimum Gasteiger partial charge on any atom is -0.476 e. The fraction of sp³-hybridized carbons (Fsp3) is 0. The van der Waals surface area contributed by atoms with E-state index in [1.165, 1.54) is 18.5 Å². The van der Waals surface area contributed by atoms with Gasteiger partial charge >= 0.3 is 5.97 Å². The minimum absolute atomic E-state index is 0.0875. The molecular weight excluding hydrogens is 338 g/mol. The Bertz CT molecular complexity index is 699. The summed E-state index contributed by atoms with van der Waals surface area (Å²) in [5, 5.41) is 11.3. The molecule has 1 aromatic heterocycles. The maximum Gasteiger partial charge on any atom is 0.358 e. The van der Waals surface area contributed by atoms with Crippen LogP contribution in [-0.2, 0) is 4.79 Å². The summed E-state index contributed by atoms with van der Waals surface area (Å²) in [5.74, 6) is -1.83. The number of carboxylic acids is 1. The fourth-order valence-corrected chi connectivity index (χ4v) is 1.75. The van der Waals surface area contributed by atoms with Crippen molar-refractivity contribution in [2.75, 3.05) is 5.32 Å². The summed E-state index contributed by atoms with van der Waals surface area (Å²) in [5.41, 5.74) is 0.536. The summed E-state index contributed by atoms with van der Waals surface area (Å²) >= 11 is 3.32. The molecule has 106 valence electrons. The van der Waals surface area contributed by atoms with Crippen LogP contribution in [0.1, 0.15) is 16.1 Å². The summed E-state index contributed by atoms with van der Waals surface area (Å²) in [4.78, 5) is 30.1. The Morgan fingerprint density at radius 2 is 1.81 bits per heavy atom. The molecule has 0 fully saturated rings. The van der Waals surface area contributed by atoms with Crippen molar-refractivity contribution >= 4 is 39.7 Å². The van der Waals surface area contributed by atoms with Gasteiger partial charge in [0.2, 0.25) is 5.91 Å². The van der Waals surface area contributed by atoms with Crippen molar-refractivity contribution in [2.45, 2.75) is 0 Å². The molecule has 1 aromatic carbocycles. The van der Waals surface area contributed by atoms with Gasteiger partial charge in [0.25, 0.3) is 0 Å². The van der Waals surface area contributed by atoms with Gasteiger partial charge in [0, 0.05) is 22.9 Å². The Labute approximate surface area is 128 Å². The predicted octanol–water partition coefficient (Wildman–Crippen LogP) is 2.59. The smallest absolute Gasteiger partial charge is 0.358 e. The second kappa shape index (κ2) is 6.76. The molecule has 2 rings (SSSR count). The average molecular weight is 348 g/mol. The first kappa shape index (κ1) is 14.9. The van der Waals surface area contributed by atoms with Gasteiger partial charge in [-0.3, -0.25) is 4.79 Å². The van der Waals surface area contributed by atoms with E-state index < -0.39 is 11.9 Å². The highest BCUT2D eigenvalue weighted by Gasteiger charge is 2.13. The molecule has 0 atom stereocenters. The van der Waals surface area contributed by atoms with Crippen molar-refractivity contribution in [1.82, 2.24) is 9.97 Å². The number of rotatable bonds is 4. The van der Waals surface area contributed by atoms with Crippen LogP contribution in [0.3, 0.4) is 0 Å². The molecule has 2 N–H and O–H groups in total. The molecule has 0 radical (unpaired) electrons. The number of hydrogen-bond donors (Lipinski definition) is 2. The van der Waals surface area contributed by atoms with E-state index in [0.717, 1.165) is 10.0 Å². The summed E-state index contributed by atoms with van der Waals surface area (Å²) in [6.07, 6.45) is 5.46. The van der Waals surface area contributed by atoms with Crippen LogP contribution >= 0.6 is 15.9 Å². The summed E-state index contributed by atoms with van der Waals surface area (Å²) in [7, 11) is 0. The molecule has 0 saturated heterocycles. The van der Waals surface area contributed by atoms with Gasteiger partial charge in [-0.25, -0.2) is 14.8 Å². The van der Waals surface area contributed by atoms with Gasteiger partial charge in [0.05, 0.1) is 0 Å². The van der Waals surface area contributed by atoms with Crippen LogP contribution in [0.2, 0.25) is 0 Å². The van der Waals surface area contributed by atoms with E-state index in [0.29, 0.717) is 0 Å². The molecule has 0 spiro atoms. The Balaban J connectivity index is 2.08. The zero-order chi connectivity index (χ0) is 15.2. The van der Waals surface area contributed by atoms with Crippen molar-refractivity contribution < 1.29 is 14.7 Å². The molecule has 0 aliphatic rings. The van der Waals surface area contributed by atoms with Crippen LogP contribution in [0.4, 0.5) is 5.82 Å². The zero-order valence-corrected chi connectivity index (χ0v) is 12.2. The average Bonchev–Trinajstić information content (AvgIpc) is 2.47. The number of carboxylic acid groups (broad SMARTS) is 1. The molecule has 7 heteroatoms. The van der Waals surface area contributed by atoms with E-state index >= 15 is 0 Å². The second-order valence-electron chi connectivity index (χ2n) is 3.93. The number of amides is 1. The number of aromatic carboxylic acids is 1. The van der Waals surface area contributed by atoms with Gasteiger partial charge < -0.3 is 10.4 Å². The van der Waals surface area contributed by atoms with Gasteiger partial charge in [0.1, 0.15) is 0 Å². The van der Waals surface area contributed by atoms with Crippen molar-refractivity contribution in [3.05, 3.63) is 58.5 Å². The zero-order valence-electron chi connectivity index (χ0n) is 10.7. The maximum absolute atomic E-state index is 11.8. The number of halogens is 1. The number of hydrogen-bond acceptors (Lipinski definition) is 4. The molecule has 0 unspecified atom stereocenters. The van der Waals surface area contributed by atoms with Crippen LogP contribution < -0.4 is 5.32 Å². The fourth-order valence-electron chi connectivity index (χ4n) is 1.49. The van der Waals surface area contributed by atoms with E-state index in [-0.39, 0.29) is 11.5 Å². The molecule has 2 aromatic rings. The van der Waals surface area contributed by atoms with Gasteiger partial charge in [-0.1, -0.05) is 28.1 Å². The summed E-state index contributed by atoms with van der Waals surface area (Å²) in [6.45, 7) is 0. The highest BCUT2D eigenvalue weighted by molar-refractivity contribution is 9.10. The Morgan fingerprint density at radius 3 is 2.48 bits per heavy atom. The van der Waals surface area contributed by atoms with Crippen LogP contribution in [0.5, 0.6) is 0 Å². The third-order valence-corrected chi connectivity index (χ3v) is 2.97. The minimum atomic E-state index is -1.25. The van der Waals surface area contributed by atoms with E-state index in [9.17, 15) is 9.59 Å². The number of carbonyl (C=O) groups is 2. The molecule has 0 aliphatic carbocycles. The lowest BCUT2D eigenvalue weighted by Crippen LogP contribution is -2.14. The third kappa shape index (κ3) is 4.22. The highest BCUT2D eigenvalue weighted by Crippen LogP contribution is 2.12. The lowest BCUT2D eigenvalue weighted by molar-refractivity contribution is -0.111. The second-order valence-corrected chi connectivity index (χ2v) is 4.85. The van der Waals surface area contributed by atoms with Gasteiger partial charge in [-0.15, -0.1) is 0 Å². The van der Waals surface area contributed by atoms with Crippen LogP contribution in [0.15, 0.2) is 47.2 Å². The molecule has 21 heavy (non-hydrogen) atoms. The van der Waals surface area contributed by atoms with E-state index in [4.69, 9.17) is 5.11 Å². The summed E-state index contributed by atoms with van der Waals surface area (Å²) in [6, 6.07) is 7.36. The number of nitrogens with one attached hydrogen (secondary N) is 1. The van der Waals surface area contributed by atoms with Crippen molar-refractivity contribution in [3.63, 3.8) is 0 Å². The molecule has 1 amide bonds. The standard InChI is InChI=1S/C14H10BrN3O3/c15-10-4-1-9(2-5-10)3-6-11(19)18-13-12(14(20)21)16-7-8-17-13/h1-8H,(H,20,21)(H,17,18,19). The first-order valence-electron chi connectivity index (χ1n) is 5.85. The van der Waals surface area contributed by atoms with Crippen molar-refractivity contribution in [2.24, 2.45) is 0 Å². The quantitative estimate of drug-likeness (QED) is 0.829. The highest BCUT2D eigenvalue weighted by atomic mass is 79.9.